The first kappa shape index (κ1) is 14.3. The van der Waals surface area contributed by atoms with Crippen LogP contribution in [0.15, 0.2) is 12.2 Å². The molecule has 1 saturated carbocycles. The van der Waals surface area contributed by atoms with Gasteiger partial charge in [-0.15, -0.1) is 0 Å². The summed E-state index contributed by atoms with van der Waals surface area (Å²) in [6, 6.07) is 0. The van der Waals surface area contributed by atoms with E-state index in [9.17, 15) is 4.79 Å². The van der Waals surface area contributed by atoms with Gasteiger partial charge in [-0.3, -0.25) is 4.79 Å². The molecule has 0 aromatic rings. The van der Waals surface area contributed by atoms with Crippen LogP contribution >= 0.6 is 0 Å². The molecular formula is C15H26O2. The van der Waals surface area contributed by atoms with Gasteiger partial charge in [0.25, 0.3) is 0 Å². The number of rotatable bonds is 4. The Balaban J connectivity index is 2.50. The van der Waals surface area contributed by atoms with E-state index in [0.717, 1.165) is 12.8 Å². The smallest absolute Gasteiger partial charge is 0.306 e. The Hall–Kier alpha value is -0.790. The van der Waals surface area contributed by atoms with Gasteiger partial charge in [-0.1, -0.05) is 32.9 Å². The van der Waals surface area contributed by atoms with Gasteiger partial charge in [0.05, 0.1) is 0 Å². The fourth-order valence-corrected chi connectivity index (χ4v) is 2.44. The quantitative estimate of drug-likeness (QED) is 0.547. The van der Waals surface area contributed by atoms with E-state index in [0.29, 0.717) is 24.2 Å². The van der Waals surface area contributed by atoms with Crippen LogP contribution in [0.25, 0.3) is 0 Å². The van der Waals surface area contributed by atoms with E-state index in [2.05, 4.69) is 20.4 Å². The maximum atomic E-state index is 11.7. The van der Waals surface area contributed by atoms with Gasteiger partial charge in [-0.2, -0.15) is 0 Å². The van der Waals surface area contributed by atoms with Gasteiger partial charge in [-0.25, -0.2) is 0 Å². The molecule has 0 aliphatic heterocycles. The van der Waals surface area contributed by atoms with Gasteiger partial charge < -0.3 is 4.74 Å². The van der Waals surface area contributed by atoms with Crippen molar-refractivity contribution in [1.82, 2.24) is 0 Å². The van der Waals surface area contributed by atoms with E-state index in [1.54, 1.807) is 0 Å². The SMILES string of the molecule is C=C(C)[C@@H]1CC[C@@H](C)[C@H](OC(=O)CC(C)C)C1. The molecule has 1 fully saturated rings. The monoisotopic (exact) mass is 238 g/mol. The Morgan fingerprint density at radius 3 is 2.59 bits per heavy atom. The van der Waals surface area contributed by atoms with Crippen LogP contribution in [0.2, 0.25) is 0 Å². The topological polar surface area (TPSA) is 26.3 Å². The molecule has 98 valence electrons. The molecule has 0 bridgehead atoms. The minimum atomic E-state index is -0.0424. The summed E-state index contributed by atoms with van der Waals surface area (Å²) in [7, 11) is 0. The summed E-state index contributed by atoms with van der Waals surface area (Å²) >= 11 is 0. The predicted octanol–water partition coefficient (Wildman–Crippen LogP) is 3.96. The van der Waals surface area contributed by atoms with E-state index in [1.165, 1.54) is 12.0 Å². The molecule has 1 aliphatic carbocycles. The van der Waals surface area contributed by atoms with Crippen molar-refractivity contribution in [2.75, 3.05) is 0 Å². The number of hydrogen-bond donors (Lipinski definition) is 0. The lowest BCUT2D eigenvalue weighted by molar-refractivity contribution is -0.154. The summed E-state index contributed by atoms with van der Waals surface area (Å²) in [6.45, 7) is 12.4. The normalized spacial score (nSPS) is 29.1. The molecule has 0 saturated heterocycles. The van der Waals surface area contributed by atoms with Gasteiger partial charge in [0.1, 0.15) is 6.10 Å². The predicted molar refractivity (Wildman–Crippen MR) is 70.7 cm³/mol. The van der Waals surface area contributed by atoms with Crippen molar-refractivity contribution in [2.24, 2.45) is 17.8 Å². The van der Waals surface area contributed by atoms with Crippen molar-refractivity contribution in [3.63, 3.8) is 0 Å². The molecule has 2 heteroatoms. The average Bonchev–Trinajstić information content (AvgIpc) is 2.19. The summed E-state index contributed by atoms with van der Waals surface area (Å²) < 4.78 is 5.61. The third kappa shape index (κ3) is 4.53. The highest BCUT2D eigenvalue weighted by molar-refractivity contribution is 5.69. The number of hydrogen-bond acceptors (Lipinski definition) is 2. The highest BCUT2D eigenvalue weighted by Crippen LogP contribution is 2.34. The van der Waals surface area contributed by atoms with Crippen LogP contribution in [0.1, 0.15) is 53.4 Å². The number of esters is 1. The number of carbonyl (C=O) groups is 1. The standard InChI is InChI=1S/C15H26O2/c1-10(2)8-15(16)17-14-9-13(11(3)4)7-6-12(14)5/h10,12-14H,3,6-9H2,1-2,4-5H3/t12-,13-,14-/m1/s1. The summed E-state index contributed by atoms with van der Waals surface area (Å²) in [4.78, 5) is 11.7. The maximum Gasteiger partial charge on any atom is 0.306 e. The van der Waals surface area contributed by atoms with Gasteiger partial charge in [-0.05, 0) is 43.9 Å². The first-order valence-corrected chi connectivity index (χ1v) is 6.75. The van der Waals surface area contributed by atoms with Crippen molar-refractivity contribution < 1.29 is 9.53 Å². The molecule has 3 atom stereocenters. The molecule has 0 heterocycles. The molecule has 0 amide bonds. The van der Waals surface area contributed by atoms with Gasteiger partial charge in [0.2, 0.25) is 0 Å². The summed E-state index contributed by atoms with van der Waals surface area (Å²) in [5, 5.41) is 0. The lowest BCUT2D eigenvalue weighted by Gasteiger charge is -2.34. The van der Waals surface area contributed by atoms with Crippen molar-refractivity contribution >= 4 is 5.97 Å². The summed E-state index contributed by atoms with van der Waals surface area (Å²) in [5.74, 6) is 1.35. The van der Waals surface area contributed by atoms with Crippen molar-refractivity contribution in [3.8, 4) is 0 Å². The van der Waals surface area contributed by atoms with Crippen molar-refractivity contribution in [1.29, 1.82) is 0 Å². The van der Waals surface area contributed by atoms with Crippen LogP contribution in [-0.4, -0.2) is 12.1 Å². The second-order valence-electron chi connectivity index (χ2n) is 5.96. The molecule has 0 unspecified atom stereocenters. The fraction of sp³-hybridized carbons (Fsp3) is 0.800. The average molecular weight is 238 g/mol. The number of allylic oxidation sites excluding steroid dienone is 1. The Labute approximate surface area is 105 Å². The van der Waals surface area contributed by atoms with E-state index >= 15 is 0 Å². The van der Waals surface area contributed by atoms with Gasteiger partial charge >= 0.3 is 5.97 Å². The van der Waals surface area contributed by atoms with Crippen molar-refractivity contribution in [2.45, 2.75) is 59.5 Å². The summed E-state index contributed by atoms with van der Waals surface area (Å²) in [5.41, 5.74) is 1.22. The molecule has 0 spiro atoms. The van der Waals surface area contributed by atoms with E-state index in [1.807, 2.05) is 13.8 Å². The largest absolute Gasteiger partial charge is 0.462 e. The molecule has 1 rings (SSSR count). The van der Waals surface area contributed by atoms with Crippen LogP contribution in [0.5, 0.6) is 0 Å². The Bertz CT molecular complexity index is 281. The van der Waals surface area contributed by atoms with Gasteiger partial charge in [0, 0.05) is 6.42 Å². The third-order valence-corrected chi connectivity index (χ3v) is 3.68. The van der Waals surface area contributed by atoms with Crippen LogP contribution in [-0.2, 0) is 9.53 Å². The molecule has 1 aliphatic rings. The first-order valence-electron chi connectivity index (χ1n) is 6.75. The highest BCUT2D eigenvalue weighted by Gasteiger charge is 2.30. The Morgan fingerprint density at radius 2 is 2.06 bits per heavy atom. The minimum Gasteiger partial charge on any atom is -0.462 e. The number of carbonyl (C=O) groups excluding carboxylic acids is 1. The fourth-order valence-electron chi connectivity index (χ4n) is 2.44. The zero-order valence-corrected chi connectivity index (χ0v) is 11.7. The number of ether oxygens (including phenoxy) is 1. The molecule has 2 nitrogen and oxygen atoms in total. The molecule has 0 aromatic carbocycles. The second kappa shape index (κ2) is 6.23. The molecule has 17 heavy (non-hydrogen) atoms. The van der Waals surface area contributed by atoms with Crippen molar-refractivity contribution in [3.05, 3.63) is 12.2 Å². The lowest BCUT2D eigenvalue weighted by atomic mass is 9.78. The lowest BCUT2D eigenvalue weighted by Crippen LogP contribution is -2.32. The molecule has 0 radical (unpaired) electrons. The van der Waals surface area contributed by atoms with E-state index in [4.69, 9.17) is 4.74 Å². The second-order valence-corrected chi connectivity index (χ2v) is 5.96. The van der Waals surface area contributed by atoms with E-state index < -0.39 is 0 Å². The first-order chi connectivity index (χ1) is 7.90. The minimum absolute atomic E-state index is 0.0424. The maximum absolute atomic E-state index is 11.7. The third-order valence-electron chi connectivity index (χ3n) is 3.68. The molecular weight excluding hydrogens is 212 g/mol. The summed E-state index contributed by atoms with van der Waals surface area (Å²) in [6.07, 6.45) is 3.91. The van der Waals surface area contributed by atoms with Gasteiger partial charge in [0.15, 0.2) is 0 Å². The van der Waals surface area contributed by atoms with E-state index in [-0.39, 0.29) is 12.1 Å². The Morgan fingerprint density at radius 1 is 1.41 bits per heavy atom. The highest BCUT2D eigenvalue weighted by atomic mass is 16.5. The zero-order chi connectivity index (χ0) is 13.0. The molecule has 0 N–H and O–H groups in total. The van der Waals surface area contributed by atoms with Crippen LogP contribution in [0, 0.1) is 17.8 Å². The van der Waals surface area contributed by atoms with Crippen LogP contribution < -0.4 is 0 Å². The van der Waals surface area contributed by atoms with Crippen LogP contribution in [0.4, 0.5) is 0 Å². The van der Waals surface area contributed by atoms with Crippen LogP contribution in [0.3, 0.4) is 0 Å². The molecule has 0 aromatic heterocycles. The Kier molecular flexibility index (Phi) is 5.23. The zero-order valence-electron chi connectivity index (χ0n) is 11.7.